The van der Waals surface area contributed by atoms with Crippen LogP contribution in [0.15, 0.2) is 84.2 Å². The van der Waals surface area contributed by atoms with E-state index in [9.17, 15) is 4.79 Å². The molecule has 0 aliphatic rings. The first-order valence-electron chi connectivity index (χ1n) is 11.9. The summed E-state index contributed by atoms with van der Waals surface area (Å²) in [5.74, 6) is 0.849. The van der Waals surface area contributed by atoms with Crippen LogP contribution in [-0.4, -0.2) is 39.1 Å². The zero-order chi connectivity index (χ0) is 23.6. The number of rotatable bonds is 12. The second kappa shape index (κ2) is 17.0. The number of fused-ring (bicyclic) bond motifs is 1. The number of ether oxygens (including phenoxy) is 1. The topological polar surface area (TPSA) is 60.2 Å². The second-order valence-electron chi connectivity index (χ2n) is 8.60. The Hall–Kier alpha value is -2.64. The zero-order valence-electron chi connectivity index (χ0n) is 21.0. The molecular formula is C28H35Cl3N4O2. The summed E-state index contributed by atoms with van der Waals surface area (Å²) >= 11 is 0. The molecule has 0 aliphatic carbocycles. The summed E-state index contributed by atoms with van der Waals surface area (Å²) in [4.78, 5) is 22.7. The lowest BCUT2D eigenvalue weighted by molar-refractivity contribution is 0.254. The van der Waals surface area contributed by atoms with Crippen LogP contribution < -0.4 is 10.3 Å². The number of halogens is 3. The molecule has 200 valence electrons. The van der Waals surface area contributed by atoms with Crippen molar-refractivity contribution < 1.29 is 4.74 Å². The first-order valence-corrected chi connectivity index (χ1v) is 11.9. The van der Waals surface area contributed by atoms with Gasteiger partial charge in [-0.15, -0.1) is 37.2 Å². The number of hydrogen-bond acceptors (Lipinski definition) is 5. The molecule has 0 atom stereocenters. The van der Waals surface area contributed by atoms with Gasteiger partial charge < -0.3 is 9.30 Å². The molecular weight excluding hydrogens is 531 g/mol. The number of hydrogen-bond donors (Lipinski definition) is 0. The highest BCUT2D eigenvalue weighted by molar-refractivity contribution is 5.86. The Bertz CT molecular complexity index is 1240. The lowest BCUT2D eigenvalue weighted by Gasteiger charge is -2.22. The highest BCUT2D eigenvalue weighted by Gasteiger charge is 2.07. The molecule has 4 rings (SSSR count). The van der Waals surface area contributed by atoms with Gasteiger partial charge in [0.15, 0.2) is 0 Å². The van der Waals surface area contributed by atoms with Gasteiger partial charge in [0.05, 0.1) is 12.1 Å². The summed E-state index contributed by atoms with van der Waals surface area (Å²) in [5.41, 5.74) is 3.48. The maximum atomic E-state index is 11.8. The fourth-order valence-electron chi connectivity index (χ4n) is 4.11. The van der Waals surface area contributed by atoms with Crippen LogP contribution in [0.4, 0.5) is 0 Å². The van der Waals surface area contributed by atoms with Crippen molar-refractivity contribution in [2.75, 3.05) is 19.7 Å². The Morgan fingerprint density at radius 3 is 2.41 bits per heavy atom. The van der Waals surface area contributed by atoms with E-state index in [0.29, 0.717) is 6.61 Å². The smallest absolute Gasteiger partial charge is 0.250 e. The van der Waals surface area contributed by atoms with Crippen LogP contribution in [0.1, 0.15) is 30.4 Å². The second-order valence-corrected chi connectivity index (χ2v) is 8.60. The van der Waals surface area contributed by atoms with Gasteiger partial charge in [0.2, 0.25) is 0 Å². The minimum Gasteiger partial charge on any atom is -0.494 e. The molecule has 0 spiro atoms. The fraction of sp³-hybridized carbons (Fsp3) is 0.321. The van der Waals surface area contributed by atoms with E-state index in [-0.39, 0.29) is 42.8 Å². The third-order valence-corrected chi connectivity index (χ3v) is 6.08. The maximum Gasteiger partial charge on any atom is 0.250 e. The van der Waals surface area contributed by atoms with Crippen molar-refractivity contribution in [3.63, 3.8) is 0 Å². The normalized spacial score (nSPS) is 10.3. The predicted octanol–water partition coefficient (Wildman–Crippen LogP) is 5.89. The first kappa shape index (κ1) is 32.4. The van der Waals surface area contributed by atoms with Crippen LogP contribution >= 0.6 is 37.2 Å². The van der Waals surface area contributed by atoms with Gasteiger partial charge in [-0.05, 0) is 85.8 Å². The SMILES string of the molecule is Cl.Cl.Cl.Cn1c(=O)ccc2cc(OCCCCCN(CCc3cccnc3)Cc3ccncc3)ccc21. The first-order chi connectivity index (χ1) is 16.7. The Morgan fingerprint density at radius 2 is 1.65 bits per heavy atom. The highest BCUT2D eigenvalue weighted by Crippen LogP contribution is 2.19. The Balaban J connectivity index is 0.00000228. The van der Waals surface area contributed by atoms with Crippen LogP contribution in [0.2, 0.25) is 0 Å². The van der Waals surface area contributed by atoms with E-state index < -0.39 is 0 Å². The summed E-state index contributed by atoms with van der Waals surface area (Å²) in [6, 6.07) is 17.7. The number of aryl methyl sites for hydroxylation is 1. The van der Waals surface area contributed by atoms with E-state index in [0.717, 1.165) is 62.0 Å². The van der Waals surface area contributed by atoms with Gasteiger partial charge in [-0.1, -0.05) is 6.07 Å². The summed E-state index contributed by atoms with van der Waals surface area (Å²) < 4.78 is 7.64. The minimum atomic E-state index is -0.000390. The third-order valence-electron chi connectivity index (χ3n) is 6.08. The van der Waals surface area contributed by atoms with Gasteiger partial charge in [-0.3, -0.25) is 19.7 Å². The van der Waals surface area contributed by atoms with Crippen molar-refractivity contribution in [2.45, 2.75) is 32.2 Å². The fourth-order valence-corrected chi connectivity index (χ4v) is 4.11. The highest BCUT2D eigenvalue weighted by atomic mass is 35.5. The van der Waals surface area contributed by atoms with Crippen LogP contribution in [0, 0.1) is 0 Å². The van der Waals surface area contributed by atoms with Gasteiger partial charge >= 0.3 is 0 Å². The van der Waals surface area contributed by atoms with E-state index in [1.165, 1.54) is 11.1 Å². The number of aromatic nitrogens is 3. The van der Waals surface area contributed by atoms with E-state index in [1.54, 1.807) is 17.7 Å². The molecule has 0 saturated carbocycles. The molecule has 0 fully saturated rings. The molecule has 0 amide bonds. The molecule has 1 aromatic carbocycles. The Labute approximate surface area is 237 Å². The van der Waals surface area contributed by atoms with Crippen molar-refractivity contribution in [1.29, 1.82) is 0 Å². The summed E-state index contributed by atoms with van der Waals surface area (Å²) in [7, 11) is 1.79. The van der Waals surface area contributed by atoms with Gasteiger partial charge in [0.25, 0.3) is 5.56 Å². The van der Waals surface area contributed by atoms with Crippen molar-refractivity contribution in [1.82, 2.24) is 19.4 Å². The molecule has 37 heavy (non-hydrogen) atoms. The minimum absolute atomic E-state index is 0. The van der Waals surface area contributed by atoms with E-state index in [2.05, 4.69) is 33.1 Å². The van der Waals surface area contributed by atoms with Gasteiger partial charge in [0.1, 0.15) is 5.75 Å². The summed E-state index contributed by atoms with van der Waals surface area (Å²) in [5, 5.41) is 1.01. The molecule has 3 heterocycles. The van der Waals surface area contributed by atoms with Crippen LogP contribution in [0.5, 0.6) is 5.75 Å². The average Bonchev–Trinajstić information content (AvgIpc) is 2.88. The molecule has 3 aromatic heterocycles. The number of benzene rings is 1. The standard InChI is InChI=1S/C28H32N4O2.3ClH/c1-31-27-9-8-26(20-25(27)7-10-28(31)33)34-19-4-2-3-17-32(22-24-11-15-29-16-12-24)18-13-23-6-5-14-30-21-23;;;/h5-12,14-16,20-21H,2-4,13,17-19,22H2,1H3;3*1H. The Morgan fingerprint density at radius 1 is 0.838 bits per heavy atom. The molecule has 0 N–H and O–H groups in total. The maximum absolute atomic E-state index is 11.8. The Kier molecular flexibility index (Phi) is 14.9. The van der Waals surface area contributed by atoms with E-state index >= 15 is 0 Å². The lowest BCUT2D eigenvalue weighted by Crippen LogP contribution is -2.27. The lowest BCUT2D eigenvalue weighted by atomic mass is 10.1. The molecule has 0 bridgehead atoms. The van der Waals surface area contributed by atoms with Crippen LogP contribution in [0.25, 0.3) is 10.9 Å². The van der Waals surface area contributed by atoms with Gasteiger partial charge in [-0.2, -0.15) is 0 Å². The molecule has 0 unspecified atom stereocenters. The molecule has 0 radical (unpaired) electrons. The molecule has 0 saturated heterocycles. The van der Waals surface area contributed by atoms with Crippen LogP contribution in [0.3, 0.4) is 0 Å². The van der Waals surface area contributed by atoms with Gasteiger partial charge in [0, 0.05) is 56.4 Å². The largest absolute Gasteiger partial charge is 0.494 e. The van der Waals surface area contributed by atoms with Crippen molar-refractivity contribution in [3.05, 3.63) is 101 Å². The quantitative estimate of drug-likeness (QED) is 0.201. The van der Waals surface area contributed by atoms with E-state index in [4.69, 9.17) is 4.74 Å². The molecule has 6 nitrogen and oxygen atoms in total. The molecule has 0 aliphatic heterocycles. The van der Waals surface area contributed by atoms with Crippen LogP contribution in [-0.2, 0) is 20.0 Å². The van der Waals surface area contributed by atoms with Crippen molar-refractivity contribution >= 4 is 48.1 Å². The number of pyridine rings is 3. The van der Waals surface area contributed by atoms with Crippen molar-refractivity contribution in [2.24, 2.45) is 7.05 Å². The van der Waals surface area contributed by atoms with Crippen molar-refractivity contribution in [3.8, 4) is 5.75 Å². The number of nitrogens with zero attached hydrogens (tertiary/aromatic N) is 4. The molecule has 4 aromatic rings. The average molecular weight is 566 g/mol. The predicted molar refractivity (Wildman–Crippen MR) is 158 cm³/mol. The molecule has 9 heteroatoms. The third kappa shape index (κ3) is 9.97. The zero-order valence-corrected chi connectivity index (χ0v) is 23.4. The summed E-state index contributed by atoms with van der Waals surface area (Å²) in [6.07, 6.45) is 11.7. The monoisotopic (exact) mass is 564 g/mol. The van der Waals surface area contributed by atoms with E-state index in [1.807, 2.05) is 55.1 Å². The number of unbranched alkanes of at least 4 members (excludes halogenated alkanes) is 2. The van der Waals surface area contributed by atoms with Gasteiger partial charge in [-0.25, -0.2) is 0 Å². The summed E-state index contributed by atoms with van der Waals surface area (Å²) in [6.45, 7) is 3.67.